The van der Waals surface area contributed by atoms with Gasteiger partial charge in [-0.2, -0.15) is 0 Å². The Kier molecular flexibility index (Phi) is 6.39. The topological polar surface area (TPSA) is 52.7 Å². The van der Waals surface area contributed by atoms with Crippen LogP contribution in [0.1, 0.15) is 26.2 Å². The van der Waals surface area contributed by atoms with E-state index in [-0.39, 0.29) is 17.9 Å². The van der Waals surface area contributed by atoms with Crippen LogP contribution in [0.2, 0.25) is 0 Å². The maximum atomic E-state index is 12.8. The average molecular weight is 426 g/mol. The fourth-order valence-corrected chi connectivity index (χ4v) is 4.99. The van der Waals surface area contributed by atoms with Crippen LogP contribution < -0.4 is 5.32 Å². The summed E-state index contributed by atoms with van der Waals surface area (Å²) in [5, 5.41) is 7.14. The van der Waals surface area contributed by atoms with Crippen LogP contribution in [0.5, 0.6) is 0 Å². The number of carbonyl (C=O) groups excluding carboxylic acids is 2. The van der Waals surface area contributed by atoms with Crippen molar-refractivity contribution in [2.45, 2.75) is 6.04 Å². The minimum absolute atomic E-state index is 0.00489. The van der Waals surface area contributed by atoms with Gasteiger partial charge in [0.2, 0.25) is 5.91 Å². The summed E-state index contributed by atoms with van der Waals surface area (Å²) in [5.74, 6) is 0.0937. The first-order valence-electron chi connectivity index (χ1n) is 9.63. The maximum absolute atomic E-state index is 12.8. The van der Waals surface area contributed by atoms with Gasteiger partial charge in [-0.25, -0.2) is 0 Å². The van der Waals surface area contributed by atoms with Crippen molar-refractivity contribution in [3.63, 3.8) is 0 Å². The van der Waals surface area contributed by atoms with Gasteiger partial charge < -0.3 is 10.2 Å². The molecule has 7 heteroatoms. The van der Waals surface area contributed by atoms with Crippen molar-refractivity contribution in [2.75, 3.05) is 32.7 Å². The highest BCUT2D eigenvalue weighted by atomic mass is 32.1. The highest BCUT2D eigenvalue weighted by molar-refractivity contribution is 7.12. The Morgan fingerprint density at radius 2 is 1.62 bits per heavy atom. The SMILES string of the molecule is O=C(CN1CCN(C(=O)c2cccs2)CC1)N[C@H](c1ccccc1)c1cccs1. The van der Waals surface area contributed by atoms with Gasteiger partial charge in [-0.3, -0.25) is 14.5 Å². The third-order valence-corrected chi connectivity index (χ3v) is 6.82. The Morgan fingerprint density at radius 1 is 0.897 bits per heavy atom. The van der Waals surface area contributed by atoms with E-state index in [9.17, 15) is 9.59 Å². The summed E-state index contributed by atoms with van der Waals surface area (Å²) in [4.78, 5) is 31.1. The number of hydrogen-bond acceptors (Lipinski definition) is 5. The second-order valence-electron chi connectivity index (χ2n) is 6.97. The molecule has 0 unspecified atom stereocenters. The average Bonchev–Trinajstić information content (AvgIpc) is 3.47. The van der Waals surface area contributed by atoms with Crippen LogP contribution in [0.3, 0.4) is 0 Å². The van der Waals surface area contributed by atoms with E-state index in [0.717, 1.165) is 15.3 Å². The second kappa shape index (κ2) is 9.35. The van der Waals surface area contributed by atoms with E-state index in [0.29, 0.717) is 32.7 Å². The minimum atomic E-state index is -0.134. The quantitative estimate of drug-likeness (QED) is 0.658. The van der Waals surface area contributed by atoms with Gasteiger partial charge >= 0.3 is 0 Å². The third kappa shape index (κ3) is 4.93. The number of piperazine rings is 1. The first-order valence-corrected chi connectivity index (χ1v) is 11.4. The molecule has 1 saturated heterocycles. The molecule has 0 bridgehead atoms. The van der Waals surface area contributed by atoms with E-state index in [1.807, 2.05) is 64.2 Å². The van der Waals surface area contributed by atoms with E-state index in [1.54, 1.807) is 11.3 Å². The van der Waals surface area contributed by atoms with Crippen LogP contribution in [-0.4, -0.2) is 54.3 Å². The van der Waals surface area contributed by atoms with E-state index in [2.05, 4.69) is 16.3 Å². The molecule has 3 heterocycles. The number of carbonyl (C=O) groups is 2. The van der Waals surface area contributed by atoms with E-state index < -0.39 is 0 Å². The van der Waals surface area contributed by atoms with E-state index in [4.69, 9.17) is 0 Å². The van der Waals surface area contributed by atoms with Gasteiger partial charge in [0.25, 0.3) is 5.91 Å². The number of rotatable bonds is 6. The molecule has 5 nitrogen and oxygen atoms in total. The first kappa shape index (κ1) is 19.8. The predicted octanol–water partition coefficient (Wildman–Crippen LogP) is 3.47. The molecule has 1 aromatic carbocycles. The van der Waals surface area contributed by atoms with Crippen LogP contribution in [-0.2, 0) is 4.79 Å². The molecule has 1 aliphatic rings. The standard InChI is InChI=1S/C22H23N3O2S2/c26-20(23-21(18-8-4-14-28-18)17-6-2-1-3-7-17)16-24-10-12-25(13-11-24)22(27)19-9-5-15-29-19/h1-9,14-15,21H,10-13,16H2,(H,23,26)/t21-/m1/s1. The van der Waals surface area contributed by atoms with Crippen molar-refractivity contribution in [2.24, 2.45) is 0 Å². The highest BCUT2D eigenvalue weighted by Gasteiger charge is 2.25. The number of hydrogen-bond donors (Lipinski definition) is 1. The molecular weight excluding hydrogens is 402 g/mol. The lowest BCUT2D eigenvalue weighted by Gasteiger charge is -2.34. The summed E-state index contributed by atoms with van der Waals surface area (Å²) in [7, 11) is 0. The molecule has 4 rings (SSSR count). The molecule has 0 radical (unpaired) electrons. The van der Waals surface area contributed by atoms with Crippen molar-refractivity contribution < 1.29 is 9.59 Å². The molecule has 2 amide bonds. The maximum Gasteiger partial charge on any atom is 0.264 e. The molecule has 1 N–H and O–H groups in total. The molecule has 1 atom stereocenters. The Balaban J connectivity index is 1.33. The molecule has 0 spiro atoms. The second-order valence-corrected chi connectivity index (χ2v) is 8.90. The summed E-state index contributed by atoms with van der Waals surface area (Å²) >= 11 is 3.12. The minimum Gasteiger partial charge on any atom is -0.343 e. The smallest absolute Gasteiger partial charge is 0.264 e. The van der Waals surface area contributed by atoms with Crippen molar-refractivity contribution in [1.29, 1.82) is 0 Å². The van der Waals surface area contributed by atoms with Crippen molar-refractivity contribution in [3.8, 4) is 0 Å². The molecule has 150 valence electrons. The lowest BCUT2D eigenvalue weighted by Crippen LogP contribution is -2.51. The van der Waals surface area contributed by atoms with E-state index >= 15 is 0 Å². The summed E-state index contributed by atoms with van der Waals surface area (Å²) in [5.41, 5.74) is 1.08. The Hall–Kier alpha value is -2.48. The molecule has 3 aromatic rings. The summed E-state index contributed by atoms with van der Waals surface area (Å²) in [6, 6.07) is 17.7. The molecular formula is C22H23N3O2S2. The van der Waals surface area contributed by atoms with Gasteiger partial charge in [-0.05, 0) is 28.5 Å². The molecule has 29 heavy (non-hydrogen) atoms. The molecule has 2 aromatic heterocycles. The van der Waals surface area contributed by atoms with Gasteiger partial charge in [-0.1, -0.05) is 42.5 Å². The Morgan fingerprint density at radius 3 is 2.28 bits per heavy atom. The van der Waals surface area contributed by atoms with Crippen molar-refractivity contribution >= 4 is 34.5 Å². The number of benzene rings is 1. The lowest BCUT2D eigenvalue weighted by atomic mass is 10.1. The first-order chi connectivity index (χ1) is 14.2. The zero-order chi connectivity index (χ0) is 20.1. The van der Waals surface area contributed by atoms with Crippen molar-refractivity contribution in [3.05, 3.63) is 80.7 Å². The molecule has 1 aliphatic heterocycles. The van der Waals surface area contributed by atoms with Crippen LogP contribution >= 0.6 is 22.7 Å². The molecule has 0 aliphatic carbocycles. The number of nitrogens with one attached hydrogen (secondary N) is 1. The van der Waals surface area contributed by atoms with E-state index in [1.165, 1.54) is 11.3 Å². The third-order valence-electron chi connectivity index (χ3n) is 5.02. The fraction of sp³-hybridized carbons (Fsp3) is 0.273. The van der Waals surface area contributed by atoms with Gasteiger partial charge in [0, 0.05) is 31.1 Å². The van der Waals surface area contributed by atoms with Crippen LogP contribution in [0.15, 0.2) is 65.4 Å². The van der Waals surface area contributed by atoms with Crippen LogP contribution in [0, 0.1) is 0 Å². The largest absolute Gasteiger partial charge is 0.343 e. The Bertz CT molecular complexity index is 918. The molecule has 1 fully saturated rings. The predicted molar refractivity (Wildman–Crippen MR) is 117 cm³/mol. The summed E-state index contributed by atoms with van der Waals surface area (Å²) in [6.07, 6.45) is 0. The van der Waals surface area contributed by atoms with Crippen LogP contribution in [0.25, 0.3) is 0 Å². The van der Waals surface area contributed by atoms with Gasteiger partial charge in [0.15, 0.2) is 0 Å². The lowest BCUT2D eigenvalue weighted by molar-refractivity contribution is -0.123. The Labute approximate surface area is 178 Å². The fourth-order valence-electron chi connectivity index (χ4n) is 3.49. The van der Waals surface area contributed by atoms with Gasteiger partial charge in [0.1, 0.15) is 0 Å². The van der Waals surface area contributed by atoms with Crippen LogP contribution in [0.4, 0.5) is 0 Å². The normalized spacial score (nSPS) is 15.8. The van der Waals surface area contributed by atoms with Gasteiger partial charge in [-0.15, -0.1) is 22.7 Å². The van der Waals surface area contributed by atoms with Gasteiger partial charge in [0.05, 0.1) is 17.5 Å². The highest BCUT2D eigenvalue weighted by Crippen LogP contribution is 2.26. The number of amides is 2. The summed E-state index contributed by atoms with van der Waals surface area (Å²) < 4.78 is 0. The monoisotopic (exact) mass is 425 g/mol. The van der Waals surface area contributed by atoms with Crippen molar-refractivity contribution in [1.82, 2.24) is 15.1 Å². The zero-order valence-electron chi connectivity index (χ0n) is 16.0. The number of thiophene rings is 2. The summed E-state index contributed by atoms with van der Waals surface area (Å²) in [6.45, 7) is 3.06. The molecule has 0 saturated carbocycles. The zero-order valence-corrected chi connectivity index (χ0v) is 17.6. The number of nitrogens with zero attached hydrogens (tertiary/aromatic N) is 2.